The molecule has 1 amide bonds. The van der Waals surface area contributed by atoms with Gasteiger partial charge in [-0.3, -0.25) is 4.90 Å². The Morgan fingerprint density at radius 1 is 0.915 bits per heavy atom. The SMILES string of the molecule is CCOC(=O)N1c2ccc(C(F)(F)F)cc2C(N(Cc2cc(C(F)(F)F)cc(C(F)(F)F)c2)c2nnn(CC(=O)OC)n2)CC1CC. The Labute approximate surface area is 261 Å². The second-order valence-corrected chi connectivity index (χ2v) is 10.4. The number of alkyl halides is 9. The largest absolute Gasteiger partial charge is 0.468 e. The standard InChI is InChI=1S/C28H27F9N6O4/c1-4-19-12-22(20-11-16(26(29,30)31)6-7-21(20)43(19)25(45)47-5-2)41(24-38-40-42(39-24)14-23(44)46-3)13-15-8-17(27(32,33)34)10-18(9-15)28(35,36)37/h6-11,19,22H,4-5,12-14H2,1-3H3. The number of halogens is 9. The molecular formula is C28H27F9N6O4. The number of hydrogen-bond donors (Lipinski definition) is 0. The van der Waals surface area contributed by atoms with Gasteiger partial charge < -0.3 is 14.4 Å². The van der Waals surface area contributed by atoms with E-state index < -0.39 is 84.0 Å². The maximum atomic E-state index is 13.9. The van der Waals surface area contributed by atoms with Gasteiger partial charge in [0.25, 0.3) is 5.95 Å². The van der Waals surface area contributed by atoms with Crippen molar-refractivity contribution in [3.63, 3.8) is 0 Å². The Kier molecular flexibility index (Phi) is 9.96. The number of esters is 1. The molecule has 3 aromatic rings. The molecule has 4 rings (SSSR count). The molecule has 0 aliphatic carbocycles. The van der Waals surface area contributed by atoms with Crippen molar-refractivity contribution >= 4 is 23.7 Å². The third-order valence-corrected chi connectivity index (χ3v) is 7.34. The van der Waals surface area contributed by atoms with Crippen LogP contribution in [0.4, 0.5) is 55.9 Å². The van der Waals surface area contributed by atoms with Crippen LogP contribution >= 0.6 is 0 Å². The van der Waals surface area contributed by atoms with Crippen LogP contribution in [0.1, 0.15) is 60.5 Å². The van der Waals surface area contributed by atoms with Crippen molar-refractivity contribution in [2.24, 2.45) is 0 Å². The number of ether oxygens (including phenoxy) is 2. The highest BCUT2D eigenvalue weighted by Gasteiger charge is 2.43. The molecule has 2 unspecified atom stereocenters. The van der Waals surface area contributed by atoms with Gasteiger partial charge in [-0.1, -0.05) is 12.0 Å². The van der Waals surface area contributed by atoms with Gasteiger partial charge in [0.05, 0.1) is 42.1 Å². The summed E-state index contributed by atoms with van der Waals surface area (Å²) < 4.78 is 134. The number of carbonyl (C=O) groups excluding carboxylic acids is 2. The molecule has 1 aromatic heterocycles. The zero-order valence-electron chi connectivity index (χ0n) is 24.9. The summed E-state index contributed by atoms with van der Waals surface area (Å²) in [5.41, 5.74) is -5.11. The van der Waals surface area contributed by atoms with Crippen molar-refractivity contribution in [3.8, 4) is 0 Å². The molecule has 1 aliphatic heterocycles. The van der Waals surface area contributed by atoms with Crippen LogP contribution in [0.2, 0.25) is 0 Å². The van der Waals surface area contributed by atoms with Gasteiger partial charge in [-0.2, -0.15) is 44.3 Å². The average Bonchev–Trinajstić information content (AvgIpc) is 3.45. The van der Waals surface area contributed by atoms with Crippen molar-refractivity contribution in [2.45, 2.75) is 70.4 Å². The van der Waals surface area contributed by atoms with Crippen LogP contribution < -0.4 is 9.80 Å². The Balaban J connectivity index is 1.96. The number of benzene rings is 2. The van der Waals surface area contributed by atoms with E-state index in [0.29, 0.717) is 12.1 Å². The van der Waals surface area contributed by atoms with Gasteiger partial charge in [-0.05, 0) is 72.5 Å². The first-order valence-corrected chi connectivity index (χ1v) is 13.9. The zero-order chi connectivity index (χ0) is 34.9. The monoisotopic (exact) mass is 682 g/mol. The normalized spacial score (nSPS) is 16.9. The molecule has 0 radical (unpaired) electrons. The van der Waals surface area contributed by atoms with Crippen molar-refractivity contribution in [1.82, 2.24) is 20.2 Å². The molecule has 0 saturated heterocycles. The maximum Gasteiger partial charge on any atom is 0.416 e. The summed E-state index contributed by atoms with van der Waals surface area (Å²) in [5.74, 6) is -1.27. The highest BCUT2D eigenvalue weighted by atomic mass is 19.4. The van der Waals surface area contributed by atoms with Crippen molar-refractivity contribution in [3.05, 3.63) is 64.2 Å². The number of fused-ring (bicyclic) bond motifs is 1. The maximum absolute atomic E-state index is 13.9. The third kappa shape index (κ3) is 7.87. The number of carbonyl (C=O) groups is 2. The van der Waals surface area contributed by atoms with Gasteiger partial charge in [0, 0.05) is 12.6 Å². The lowest BCUT2D eigenvalue weighted by molar-refractivity contribution is -0.143. The number of rotatable bonds is 8. The number of amides is 1. The predicted octanol–water partition coefficient (Wildman–Crippen LogP) is 6.80. The minimum atomic E-state index is -5.19. The van der Waals surface area contributed by atoms with E-state index in [4.69, 9.17) is 4.74 Å². The lowest BCUT2D eigenvalue weighted by Gasteiger charge is -2.43. The van der Waals surface area contributed by atoms with Crippen molar-refractivity contribution in [1.29, 1.82) is 0 Å². The summed E-state index contributed by atoms with van der Waals surface area (Å²) in [6.07, 6.45) is -16.1. The van der Waals surface area contributed by atoms with Gasteiger partial charge in [-0.25, -0.2) is 9.59 Å². The molecule has 0 saturated carbocycles. The first-order valence-electron chi connectivity index (χ1n) is 13.9. The quantitative estimate of drug-likeness (QED) is 0.189. The molecule has 0 N–H and O–H groups in total. The molecule has 0 fully saturated rings. The van der Waals surface area contributed by atoms with Crippen LogP contribution in [0.3, 0.4) is 0 Å². The van der Waals surface area contributed by atoms with Crippen LogP contribution in [0.5, 0.6) is 0 Å². The summed E-state index contributed by atoms with van der Waals surface area (Å²) in [5, 5.41) is 11.6. The molecule has 47 heavy (non-hydrogen) atoms. The number of tetrazole rings is 1. The summed E-state index contributed by atoms with van der Waals surface area (Å²) >= 11 is 0. The molecule has 2 atom stereocenters. The number of methoxy groups -OCH3 is 1. The van der Waals surface area contributed by atoms with Crippen molar-refractivity contribution < 1.29 is 58.6 Å². The first-order chi connectivity index (χ1) is 21.9. The van der Waals surface area contributed by atoms with E-state index >= 15 is 0 Å². The molecule has 256 valence electrons. The second kappa shape index (κ2) is 13.3. The van der Waals surface area contributed by atoms with E-state index in [0.717, 1.165) is 39.9 Å². The number of nitrogens with zero attached hydrogens (tertiary/aromatic N) is 6. The van der Waals surface area contributed by atoms with Crippen LogP contribution in [0.15, 0.2) is 36.4 Å². The van der Waals surface area contributed by atoms with Gasteiger partial charge >= 0.3 is 30.6 Å². The van der Waals surface area contributed by atoms with Crippen molar-refractivity contribution in [2.75, 3.05) is 23.5 Å². The topological polar surface area (TPSA) is 103 Å². The van der Waals surface area contributed by atoms with Gasteiger partial charge in [0.1, 0.15) is 0 Å². The highest BCUT2D eigenvalue weighted by Crippen LogP contribution is 2.46. The number of hydrogen-bond acceptors (Lipinski definition) is 8. The number of anilines is 2. The Morgan fingerprint density at radius 2 is 1.53 bits per heavy atom. The van der Waals surface area contributed by atoms with Gasteiger partial charge in [0.15, 0.2) is 6.54 Å². The smallest absolute Gasteiger partial charge is 0.416 e. The average molecular weight is 683 g/mol. The summed E-state index contributed by atoms with van der Waals surface area (Å²) in [6.45, 7) is 1.75. The molecule has 2 heterocycles. The fraction of sp³-hybridized carbons (Fsp3) is 0.464. The molecule has 0 bridgehead atoms. The molecule has 0 spiro atoms. The fourth-order valence-electron chi connectivity index (χ4n) is 5.21. The fourth-order valence-corrected chi connectivity index (χ4v) is 5.21. The number of aromatic nitrogens is 4. The molecule has 2 aromatic carbocycles. The minimum Gasteiger partial charge on any atom is -0.468 e. The van der Waals surface area contributed by atoms with E-state index in [1.54, 1.807) is 6.92 Å². The van der Waals surface area contributed by atoms with Gasteiger partial charge in [0.2, 0.25) is 0 Å². The van der Waals surface area contributed by atoms with Crippen LogP contribution in [0.25, 0.3) is 0 Å². The molecule has 10 nitrogen and oxygen atoms in total. The minimum absolute atomic E-state index is 0.0356. The van der Waals surface area contributed by atoms with E-state index in [1.807, 2.05) is 0 Å². The summed E-state index contributed by atoms with van der Waals surface area (Å²) in [7, 11) is 1.07. The Morgan fingerprint density at radius 3 is 2.06 bits per heavy atom. The Bertz CT molecular complexity index is 1570. The second-order valence-electron chi connectivity index (χ2n) is 10.4. The lowest BCUT2D eigenvalue weighted by atomic mass is 9.87. The highest BCUT2D eigenvalue weighted by molar-refractivity contribution is 5.90. The van der Waals surface area contributed by atoms with Crippen LogP contribution in [-0.4, -0.2) is 52.0 Å². The van der Waals surface area contributed by atoms with E-state index in [-0.39, 0.29) is 36.8 Å². The molecule has 1 aliphatic rings. The molecular weight excluding hydrogens is 655 g/mol. The Hall–Kier alpha value is -4.58. The third-order valence-electron chi connectivity index (χ3n) is 7.34. The summed E-state index contributed by atoms with van der Waals surface area (Å²) in [6, 6.07) is 1.36. The molecule has 19 heteroatoms. The summed E-state index contributed by atoms with van der Waals surface area (Å²) in [4.78, 5) is 27.8. The lowest BCUT2D eigenvalue weighted by Crippen LogP contribution is -2.48. The van der Waals surface area contributed by atoms with Crippen LogP contribution in [-0.2, 0) is 45.9 Å². The zero-order valence-corrected chi connectivity index (χ0v) is 24.9. The first kappa shape index (κ1) is 35.3. The van der Waals surface area contributed by atoms with E-state index in [2.05, 4.69) is 20.1 Å². The predicted molar refractivity (Wildman–Crippen MR) is 145 cm³/mol. The van der Waals surface area contributed by atoms with Gasteiger partial charge in [-0.15, -0.1) is 5.10 Å². The van der Waals surface area contributed by atoms with E-state index in [1.165, 1.54) is 6.92 Å². The van der Waals surface area contributed by atoms with Crippen LogP contribution in [0, 0.1) is 0 Å². The van der Waals surface area contributed by atoms with E-state index in [9.17, 15) is 49.1 Å².